The molecule has 0 atom stereocenters. The molecule has 0 spiro atoms. The van der Waals surface area contributed by atoms with Gasteiger partial charge in [0.25, 0.3) is 0 Å². The van der Waals surface area contributed by atoms with Crippen LogP contribution in [-0.4, -0.2) is 11.9 Å². The van der Waals surface area contributed by atoms with E-state index in [0.717, 1.165) is 4.47 Å². The molecule has 1 aliphatic rings. The molecule has 1 aromatic carbocycles. The molecule has 2 rings (SSSR count). The minimum absolute atomic E-state index is 0.214. The van der Waals surface area contributed by atoms with Crippen molar-refractivity contribution in [3.8, 4) is 17.2 Å². The number of fused-ring (bicyclic) bond motifs is 1. The number of rotatable bonds is 0. The van der Waals surface area contributed by atoms with Gasteiger partial charge in [0.15, 0.2) is 11.5 Å². The Labute approximate surface area is 78.0 Å². The molecule has 1 aliphatic heterocycles. The van der Waals surface area contributed by atoms with Crippen molar-refractivity contribution < 1.29 is 14.6 Å². The first-order valence-corrected chi connectivity index (χ1v) is 4.27. The lowest BCUT2D eigenvalue weighted by Crippen LogP contribution is -1.93. The maximum Gasteiger partial charge on any atom is 0.231 e. The quantitative estimate of drug-likeness (QED) is 0.743. The van der Waals surface area contributed by atoms with Gasteiger partial charge in [-0.1, -0.05) is 0 Å². The van der Waals surface area contributed by atoms with Crippen LogP contribution in [0.15, 0.2) is 10.5 Å². The van der Waals surface area contributed by atoms with E-state index in [1.54, 1.807) is 13.0 Å². The molecule has 0 fully saturated rings. The van der Waals surface area contributed by atoms with Crippen molar-refractivity contribution in [3.63, 3.8) is 0 Å². The summed E-state index contributed by atoms with van der Waals surface area (Å²) >= 11 is 3.27. The van der Waals surface area contributed by atoms with Crippen LogP contribution < -0.4 is 9.47 Å². The average Bonchev–Trinajstić information content (AvgIpc) is 2.48. The van der Waals surface area contributed by atoms with E-state index in [1.807, 2.05) is 0 Å². The van der Waals surface area contributed by atoms with Crippen LogP contribution in [0.5, 0.6) is 17.2 Å². The number of hydrogen-bond donors (Lipinski definition) is 1. The predicted octanol–water partition coefficient (Wildman–Crippen LogP) is 2.19. The Balaban J connectivity index is 2.69. The van der Waals surface area contributed by atoms with Crippen molar-refractivity contribution in [2.24, 2.45) is 0 Å². The Bertz CT molecular complexity index is 336. The lowest BCUT2D eigenvalue weighted by Gasteiger charge is -2.04. The number of benzene rings is 1. The smallest absolute Gasteiger partial charge is 0.231 e. The Morgan fingerprint density at radius 3 is 2.83 bits per heavy atom. The molecule has 3 nitrogen and oxygen atoms in total. The fourth-order valence-corrected chi connectivity index (χ4v) is 1.66. The van der Waals surface area contributed by atoms with E-state index >= 15 is 0 Å². The van der Waals surface area contributed by atoms with Crippen LogP contribution >= 0.6 is 15.9 Å². The molecule has 12 heavy (non-hydrogen) atoms. The van der Waals surface area contributed by atoms with Crippen molar-refractivity contribution in [3.05, 3.63) is 16.1 Å². The highest BCUT2D eigenvalue weighted by Gasteiger charge is 2.21. The van der Waals surface area contributed by atoms with E-state index in [2.05, 4.69) is 15.9 Å². The minimum Gasteiger partial charge on any atom is -0.507 e. The predicted molar refractivity (Wildman–Crippen MR) is 46.7 cm³/mol. The van der Waals surface area contributed by atoms with Crippen LogP contribution in [0.2, 0.25) is 0 Å². The first-order valence-electron chi connectivity index (χ1n) is 3.48. The summed E-state index contributed by atoms with van der Waals surface area (Å²) in [5, 5.41) is 9.40. The SMILES string of the molecule is Cc1c(O)cc(Br)c2c1OCO2. The molecule has 64 valence electrons. The second kappa shape index (κ2) is 2.55. The Kier molecular flexibility index (Phi) is 1.65. The summed E-state index contributed by atoms with van der Waals surface area (Å²) in [5.74, 6) is 1.51. The summed E-state index contributed by atoms with van der Waals surface area (Å²) in [6.07, 6.45) is 0. The number of halogens is 1. The first kappa shape index (κ1) is 7.73. The summed E-state index contributed by atoms with van der Waals surface area (Å²) < 4.78 is 11.1. The maximum atomic E-state index is 9.40. The summed E-state index contributed by atoms with van der Waals surface area (Å²) in [5.41, 5.74) is 0.714. The Morgan fingerprint density at radius 1 is 1.42 bits per heavy atom. The molecular weight excluding hydrogens is 224 g/mol. The zero-order valence-electron chi connectivity index (χ0n) is 6.43. The lowest BCUT2D eigenvalue weighted by molar-refractivity contribution is 0.173. The van der Waals surface area contributed by atoms with Crippen LogP contribution in [0.4, 0.5) is 0 Å². The molecule has 1 heterocycles. The molecule has 0 saturated carbocycles. The van der Waals surface area contributed by atoms with Crippen LogP contribution in [0, 0.1) is 6.92 Å². The fraction of sp³-hybridized carbons (Fsp3) is 0.250. The highest BCUT2D eigenvalue weighted by molar-refractivity contribution is 9.10. The molecule has 0 radical (unpaired) electrons. The van der Waals surface area contributed by atoms with Crippen molar-refractivity contribution in [1.29, 1.82) is 0 Å². The van der Waals surface area contributed by atoms with E-state index in [9.17, 15) is 5.11 Å². The van der Waals surface area contributed by atoms with Gasteiger partial charge in [-0.05, 0) is 28.9 Å². The third-order valence-corrected chi connectivity index (χ3v) is 2.41. The largest absolute Gasteiger partial charge is 0.507 e. The molecule has 1 aromatic rings. The zero-order chi connectivity index (χ0) is 8.72. The standard InChI is InChI=1S/C8H7BrO3/c1-4-6(10)2-5(9)8-7(4)11-3-12-8/h2,10H,3H2,1H3. The summed E-state index contributed by atoms with van der Waals surface area (Å²) in [6, 6.07) is 1.60. The van der Waals surface area contributed by atoms with Crippen LogP contribution in [0.25, 0.3) is 0 Å². The number of phenolic OH excluding ortho intramolecular Hbond substituents is 1. The molecule has 4 heteroatoms. The van der Waals surface area contributed by atoms with Crippen LogP contribution in [0.3, 0.4) is 0 Å². The zero-order valence-corrected chi connectivity index (χ0v) is 8.01. The highest BCUT2D eigenvalue weighted by atomic mass is 79.9. The van der Waals surface area contributed by atoms with Gasteiger partial charge in [0.2, 0.25) is 6.79 Å². The van der Waals surface area contributed by atoms with E-state index in [-0.39, 0.29) is 12.5 Å². The van der Waals surface area contributed by atoms with Crippen LogP contribution in [-0.2, 0) is 0 Å². The van der Waals surface area contributed by atoms with Crippen molar-refractivity contribution in [2.45, 2.75) is 6.92 Å². The van der Waals surface area contributed by atoms with Gasteiger partial charge >= 0.3 is 0 Å². The number of ether oxygens (including phenoxy) is 2. The van der Waals surface area contributed by atoms with E-state index in [4.69, 9.17) is 9.47 Å². The third-order valence-electron chi connectivity index (χ3n) is 1.82. The van der Waals surface area contributed by atoms with E-state index < -0.39 is 0 Å². The number of phenols is 1. The normalized spacial score (nSPS) is 13.5. The fourth-order valence-electron chi connectivity index (χ4n) is 1.14. The first-order chi connectivity index (χ1) is 5.70. The Morgan fingerprint density at radius 2 is 2.08 bits per heavy atom. The van der Waals surface area contributed by atoms with Gasteiger partial charge in [-0.25, -0.2) is 0 Å². The van der Waals surface area contributed by atoms with Gasteiger partial charge in [0, 0.05) is 5.56 Å². The molecule has 0 unspecified atom stereocenters. The van der Waals surface area contributed by atoms with Crippen molar-refractivity contribution in [2.75, 3.05) is 6.79 Å². The van der Waals surface area contributed by atoms with Gasteiger partial charge in [-0.3, -0.25) is 0 Å². The molecule has 0 aliphatic carbocycles. The topological polar surface area (TPSA) is 38.7 Å². The minimum atomic E-state index is 0.214. The maximum absolute atomic E-state index is 9.40. The lowest BCUT2D eigenvalue weighted by atomic mass is 10.2. The molecule has 0 saturated heterocycles. The number of aromatic hydroxyl groups is 1. The van der Waals surface area contributed by atoms with Gasteiger partial charge in [0.1, 0.15) is 5.75 Å². The average molecular weight is 231 g/mol. The summed E-state index contributed by atoms with van der Waals surface area (Å²) in [4.78, 5) is 0. The molecular formula is C8H7BrO3. The Hall–Kier alpha value is -0.900. The molecule has 0 bridgehead atoms. The molecule has 0 amide bonds. The summed E-state index contributed by atoms with van der Waals surface area (Å²) in [6.45, 7) is 2.01. The monoisotopic (exact) mass is 230 g/mol. The molecule has 0 aromatic heterocycles. The van der Waals surface area contributed by atoms with Crippen molar-refractivity contribution in [1.82, 2.24) is 0 Å². The number of hydrogen-bond acceptors (Lipinski definition) is 3. The molecule has 1 N–H and O–H groups in total. The van der Waals surface area contributed by atoms with Gasteiger partial charge in [-0.15, -0.1) is 0 Å². The van der Waals surface area contributed by atoms with Crippen molar-refractivity contribution >= 4 is 15.9 Å². The third kappa shape index (κ3) is 0.948. The second-order valence-corrected chi connectivity index (χ2v) is 3.42. The summed E-state index contributed by atoms with van der Waals surface area (Å²) in [7, 11) is 0. The highest BCUT2D eigenvalue weighted by Crippen LogP contribution is 2.45. The van der Waals surface area contributed by atoms with E-state index in [1.165, 1.54) is 0 Å². The van der Waals surface area contributed by atoms with Crippen LogP contribution in [0.1, 0.15) is 5.56 Å². The van der Waals surface area contributed by atoms with Gasteiger partial charge in [0.05, 0.1) is 4.47 Å². The van der Waals surface area contributed by atoms with E-state index in [0.29, 0.717) is 17.1 Å². The van der Waals surface area contributed by atoms with Gasteiger partial charge < -0.3 is 14.6 Å². The van der Waals surface area contributed by atoms with Gasteiger partial charge in [-0.2, -0.15) is 0 Å². The second-order valence-electron chi connectivity index (χ2n) is 2.57.